The molecule has 50 heavy (non-hydrogen) atoms. The van der Waals surface area contributed by atoms with Gasteiger partial charge in [0.05, 0.1) is 42.7 Å². The molecule has 3 aliphatic rings. The highest BCUT2D eigenvalue weighted by molar-refractivity contribution is 7.89. The van der Waals surface area contributed by atoms with E-state index in [0.717, 1.165) is 85.8 Å². The highest BCUT2D eigenvalue weighted by Crippen LogP contribution is 2.38. The molecule has 2 aromatic carbocycles. The van der Waals surface area contributed by atoms with E-state index in [1.54, 1.807) is 42.0 Å². The number of aromatic amines is 1. The first kappa shape index (κ1) is 34.6. The molecule has 4 aromatic rings. The minimum Gasteiger partial charge on any atom is -0.493 e. The molecule has 0 saturated carbocycles. The van der Waals surface area contributed by atoms with Gasteiger partial charge in [-0.25, -0.2) is 18.4 Å². The smallest absolute Gasteiger partial charge is 0.243 e. The number of nitrogens with one attached hydrogen (secondary N) is 2. The number of methoxy groups -OCH3 is 1. The maximum absolute atomic E-state index is 13.1. The Kier molecular flexibility index (Phi) is 10.5. The molecule has 0 aliphatic carbocycles. The fourth-order valence-corrected chi connectivity index (χ4v) is 8.46. The number of fused-ring (bicyclic) bond motifs is 3. The van der Waals surface area contributed by atoms with Gasteiger partial charge in [-0.1, -0.05) is 0 Å². The number of nitrogens with zero attached hydrogens (tertiary/aromatic N) is 7. The normalized spacial score (nSPS) is 18.5. The number of rotatable bonds is 10. The van der Waals surface area contributed by atoms with Crippen molar-refractivity contribution in [2.45, 2.75) is 11.3 Å². The molecule has 2 aromatic heterocycles. The van der Waals surface area contributed by atoms with Crippen molar-refractivity contribution in [3.8, 4) is 11.5 Å². The Labute approximate surface area is 298 Å². The fourth-order valence-electron chi connectivity index (χ4n) is 6.74. The summed E-state index contributed by atoms with van der Waals surface area (Å²) in [5.41, 5.74) is 2.42. The maximum Gasteiger partial charge on any atom is 0.243 e. The van der Waals surface area contributed by atoms with Crippen LogP contribution in [0.5, 0.6) is 11.5 Å². The van der Waals surface area contributed by atoms with Crippen molar-refractivity contribution in [1.29, 1.82) is 0 Å². The summed E-state index contributed by atoms with van der Waals surface area (Å²) >= 11 is 5.77. The molecule has 0 radical (unpaired) electrons. The monoisotopic (exact) mass is 723 g/mol. The van der Waals surface area contributed by atoms with Crippen LogP contribution in [0.15, 0.2) is 47.6 Å². The van der Waals surface area contributed by atoms with Gasteiger partial charge in [0.25, 0.3) is 0 Å². The van der Waals surface area contributed by atoms with Crippen LogP contribution in [-0.4, -0.2) is 153 Å². The zero-order chi connectivity index (χ0) is 34.7. The van der Waals surface area contributed by atoms with Crippen LogP contribution in [0.3, 0.4) is 0 Å². The van der Waals surface area contributed by atoms with E-state index in [-0.39, 0.29) is 0 Å². The number of benzene rings is 2. The van der Waals surface area contributed by atoms with Crippen molar-refractivity contribution in [2.24, 2.45) is 0 Å². The van der Waals surface area contributed by atoms with Crippen LogP contribution in [0, 0.1) is 0 Å². The van der Waals surface area contributed by atoms with E-state index in [9.17, 15) is 8.42 Å². The number of piperazine rings is 2. The number of morpholine rings is 1. The molecule has 3 saturated heterocycles. The molecule has 16 heteroatoms. The second-order valence-electron chi connectivity index (χ2n) is 12.9. The number of anilines is 2. The van der Waals surface area contributed by atoms with Crippen molar-refractivity contribution in [1.82, 2.24) is 34.0 Å². The lowest BCUT2D eigenvalue weighted by Crippen LogP contribution is -2.50. The van der Waals surface area contributed by atoms with E-state index in [1.807, 2.05) is 19.2 Å². The summed E-state index contributed by atoms with van der Waals surface area (Å²) in [6.07, 6.45) is 2.52. The van der Waals surface area contributed by atoms with Crippen molar-refractivity contribution in [3.63, 3.8) is 0 Å². The first-order valence-corrected chi connectivity index (χ1v) is 19.0. The van der Waals surface area contributed by atoms with Gasteiger partial charge in [-0.05, 0) is 56.0 Å². The molecular weight excluding hydrogens is 679 g/mol. The predicted octanol–water partition coefficient (Wildman–Crippen LogP) is 2.68. The first-order valence-electron chi connectivity index (χ1n) is 17.2. The fraction of sp³-hybridized carbons (Fsp3) is 0.500. The van der Waals surface area contributed by atoms with Gasteiger partial charge in [0.2, 0.25) is 10.0 Å². The van der Waals surface area contributed by atoms with Crippen molar-refractivity contribution >= 4 is 60.8 Å². The Morgan fingerprint density at radius 1 is 0.960 bits per heavy atom. The molecular formula is C34H45N9O5S2. The van der Waals surface area contributed by atoms with Crippen LogP contribution in [0.25, 0.3) is 21.9 Å². The van der Waals surface area contributed by atoms with Gasteiger partial charge in [-0.2, -0.15) is 4.31 Å². The van der Waals surface area contributed by atoms with Gasteiger partial charge >= 0.3 is 0 Å². The number of H-pyrrole nitrogens is 1. The first-order chi connectivity index (χ1) is 24.3. The van der Waals surface area contributed by atoms with Crippen LogP contribution >= 0.6 is 12.2 Å². The number of likely N-dealkylation sites (N-methyl/N-ethyl adjacent to an activating group) is 1. The SMILES string of the molecule is COc1cc2c(cc1OCCCN1CCOCC1)[nH]c1ncnc(N3CCN(C(=S)Nc4ccc(S(=O)(=O)N5CCN(C)CC5)cc4)CC3)c12. The van der Waals surface area contributed by atoms with Gasteiger partial charge in [0.15, 0.2) is 16.6 Å². The van der Waals surface area contributed by atoms with Gasteiger partial charge in [-0.3, -0.25) is 4.90 Å². The Hall–Kier alpha value is -3.80. The Bertz CT molecular complexity index is 1900. The second kappa shape index (κ2) is 15.2. The largest absolute Gasteiger partial charge is 0.493 e. The Balaban J connectivity index is 0.978. The topological polar surface area (TPSA) is 132 Å². The lowest BCUT2D eigenvalue weighted by atomic mass is 10.1. The third kappa shape index (κ3) is 7.45. The van der Waals surface area contributed by atoms with Crippen molar-refractivity contribution < 1.29 is 22.6 Å². The molecule has 5 heterocycles. The molecule has 0 spiro atoms. The highest BCUT2D eigenvalue weighted by atomic mass is 32.2. The molecule has 0 bridgehead atoms. The number of hydrogen-bond donors (Lipinski definition) is 2. The average Bonchev–Trinajstić information content (AvgIpc) is 3.51. The third-order valence-corrected chi connectivity index (χ3v) is 12.0. The standard InChI is InChI=1S/C34H45N9O5S2/c1-39-9-15-43(16-10-39)50(44,45)26-6-4-25(5-7-26)37-34(49)42-13-11-41(12-14-42)33-31-27-22-29(46-2)30(23-28(27)38-32(31)35-24-36-33)48-19-3-8-40-17-20-47-21-18-40/h4-7,22-24H,3,8-21H2,1-2H3,(H,37,49)(H,35,36,38). The van der Waals surface area contributed by atoms with Crippen LogP contribution in [0.1, 0.15) is 6.42 Å². The van der Waals surface area contributed by atoms with Crippen LogP contribution in [0.4, 0.5) is 11.5 Å². The molecule has 0 amide bonds. The molecule has 268 valence electrons. The van der Waals surface area contributed by atoms with Crippen molar-refractivity contribution in [3.05, 3.63) is 42.7 Å². The third-order valence-electron chi connectivity index (χ3n) is 9.71. The minimum atomic E-state index is -3.52. The van der Waals surface area contributed by atoms with Crippen LogP contribution in [0.2, 0.25) is 0 Å². The van der Waals surface area contributed by atoms with Crippen LogP contribution < -0.4 is 19.7 Å². The predicted molar refractivity (Wildman–Crippen MR) is 198 cm³/mol. The van der Waals surface area contributed by atoms with Gasteiger partial charge in [0, 0.05) is 89.1 Å². The summed E-state index contributed by atoms with van der Waals surface area (Å²) in [6.45, 7) is 10.4. The zero-order valence-electron chi connectivity index (χ0n) is 28.6. The lowest BCUT2D eigenvalue weighted by molar-refractivity contribution is 0.0357. The molecule has 14 nitrogen and oxygen atoms in total. The van der Waals surface area contributed by atoms with Crippen molar-refractivity contribution in [2.75, 3.05) is 116 Å². The summed E-state index contributed by atoms with van der Waals surface area (Å²) < 4.78 is 45.2. The highest BCUT2D eigenvalue weighted by Gasteiger charge is 2.28. The molecule has 0 unspecified atom stereocenters. The minimum absolute atomic E-state index is 0.293. The van der Waals surface area contributed by atoms with E-state index in [1.165, 1.54) is 0 Å². The summed E-state index contributed by atoms with van der Waals surface area (Å²) in [5, 5.41) is 5.81. The zero-order valence-corrected chi connectivity index (χ0v) is 30.3. The summed E-state index contributed by atoms with van der Waals surface area (Å²) in [6, 6.07) is 10.8. The van der Waals surface area contributed by atoms with Crippen LogP contribution in [-0.2, 0) is 14.8 Å². The van der Waals surface area contributed by atoms with Gasteiger partial charge in [0.1, 0.15) is 17.8 Å². The molecule has 2 N–H and O–H groups in total. The summed E-state index contributed by atoms with van der Waals surface area (Å²) in [5.74, 6) is 2.23. The van der Waals surface area contributed by atoms with E-state index < -0.39 is 10.0 Å². The van der Waals surface area contributed by atoms with E-state index in [4.69, 9.17) is 31.4 Å². The lowest BCUT2D eigenvalue weighted by Gasteiger charge is -2.37. The number of aromatic nitrogens is 3. The van der Waals surface area contributed by atoms with Gasteiger partial charge in [-0.15, -0.1) is 0 Å². The summed E-state index contributed by atoms with van der Waals surface area (Å²) in [7, 11) is 0.142. The second-order valence-corrected chi connectivity index (χ2v) is 15.2. The number of ether oxygens (including phenoxy) is 3. The quantitative estimate of drug-likeness (QED) is 0.184. The Morgan fingerprint density at radius 2 is 1.70 bits per heavy atom. The number of hydrogen-bond acceptors (Lipinski definition) is 11. The molecule has 3 fully saturated rings. The van der Waals surface area contributed by atoms with E-state index in [0.29, 0.717) is 67.4 Å². The summed E-state index contributed by atoms with van der Waals surface area (Å²) in [4.78, 5) is 22.0. The number of sulfonamides is 1. The number of thiocarbonyl (C=S) groups is 1. The molecule has 3 aliphatic heterocycles. The van der Waals surface area contributed by atoms with Gasteiger partial charge < -0.3 is 39.2 Å². The Morgan fingerprint density at radius 3 is 2.42 bits per heavy atom. The molecule has 0 atom stereocenters. The van der Waals surface area contributed by atoms with E-state index in [2.05, 4.69) is 34.9 Å². The maximum atomic E-state index is 13.1. The van der Waals surface area contributed by atoms with E-state index >= 15 is 0 Å². The molecule has 7 rings (SSSR count). The average molecular weight is 724 g/mol.